The normalized spacial score (nSPS) is 15.0. The maximum Gasteiger partial charge on any atom is 0.253 e. The largest absolute Gasteiger partial charge is 0.345 e. The van der Waals surface area contributed by atoms with Crippen molar-refractivity contribution < 1.29 is 4.79 Å². The van der Waals surface area contributed by atoms with Gasteiger partial charge in [0.1, 0.15) is 5.82 Å². The van der Waals surface area contributed by atoms with Crippen molar-refractivity contribution in [2.75, 3.05) is 13.1 Å². The first kappa shape index (κ1) is 11.0. The van der Waals surface area contributed by atoms with E-state index in [4.69, 9.17) is 0 Å². The molecule has 1 aliphatic rings. The van der Waals surface area contributed by atoms with Crippen LogP contribution in [0.4, 0.5) is 0 Å². The molecule has 1 aromatic heterocycles. The molecule has 0 atom stereocenters. The molecule has 0 spiro atoms. The van der Waals surface area contributed by atoms with Gasteiger partial charge in [0.25, 0.3) is 5.91 Å². The molecule has 1 N–H and O–H groups in total. The van der Waals surface area contributed by atoms with Gasteiger partial charge >= 0.3 is 0 Å². The van der Waals surface area contributed by atoms with Crippen molar-refractivity contribution in [3.63, 3.8) is 0 Å². The molecular formula is C14H15N3O. The van der Waals surface area contributed by atoms with Crippen molar-refractivity contribution >= 4 is 5.91 Å². The predicted octanol–water partition coefficient (Wildman–Crippen LogP) is 2.31. The molecule has 0 bridgehead atoms. The summed E-state index contributed by atoms with van der Waals surface area (Å²) in [6.07, 6.45) is 5.75. The van der Waals surface area contributed by atoms with E-state index in [1.807, 2.05) is 29.2 Å². The Morgan fingerprint density at radius 3 is 2.50 bits per heavy atom. The van der Waals surface area contributed by atoms with Crippen LogP contribution in [-0.2, 0) is 0 Å². The van der Waals surface area contributed by atoms with Gasteiger partial charge < -0.3 is 9.88 Å². The smallest absolute Gasteiger partial charge is 0.253 e. The topological polar surface area (TPSA) is 49.0 Å². The van der Waals surface area contributed by atoms with E-state index in [0.717, 1.165) is 42.9 Å². The monoisotopic (exact) mass is 241 g/mol. The highest BCUT2D eigenvalue weighted by Gasteiger charge is 2.19. The Labute approximate surface area is 106 Å². The standard InChI is InChI=1S/C14H15N3O/c18-14(17-9-1-2-10-17)12-5-3-11(4-6-12)13-15-7-8-16-13/h3-8H,1-2,9-10H2,(H,15,16). The number of rotatable bonds is 2. The van der Waals surface area contributed by atoms with Crippen molar-refractivity contribution in [3.8, 4) is 11.4 Å². The quantitative estimate of drug-likeness (QED) is 0.877. The SMILES string of the molecule is O=C(c1ccc(-c2ncc[nH]2)cc1)N1CCCC1. The minimum absolute atomic E-state index is 0.137. The molecule has 1 amide bonds. The van der Waals surface area contributed by atoms with E-state index in [2.05, 4.69) is 9.97 Å². The highest BCUT2D eigenvalue weighted by molar-refractivity contribution is 5.94. The number of hydrogen-bond acceptors (Lipinski definition) is 2. The molecule has 3 rings (SSSR count). The van der Waals surface area contributed by atoms with Crippen LogP contribution in [0.25, 0.3) is 11.4 Å². The first-order valence-electron chi connectivity index (χ1n) is 6.24. The molecule has 4 heteroatoms. The molecule has 1 fully saturated rings. The minimum atomic E-state index is 0.137. The summed E-state index contributed by atoms with van der Waals surface area (Å²) in [5, 5.41) is 0. The van der Waals surface area contributed by atoms with Crippen LogP contribution in [0.1, 0.15) is 23.2 Å². The van der Waals surface area contributed by atoms with Gasteiger partial charge in [-0.3, -0.25) is 4.79 Å². The fraction of sp³-hybridized carbons (Fsp3) is 0.286. The van der Waals surface area contributed by atoms with Gasteiger partial charge in [-0.05, 0) is 25.0 Å². The first-order chi connectivity index (χ1) is 8.84. The summed E-state index contributed by atoms with van der Waals surface area (Å²) < 4.78 is 0. The number of nitrogens with one attached hydrogen (secondary N) is 1. The number of carbonyl (C=O) groups excluding carboxylic acids is 1. The number of imidazole rings is 1. The molecule has 0 saturated carbocycles. The maximum atomic E-state index is 12.1. The lowest BCUT2D eigenvalue weighted by molar-refractivity contribution is 0.0793. The van der Waals surface area contributed by atoms with Crippen molar-refractivity contribution in [3.05, 3.63) is 42.2 Å². The Kier molecular flexibility index (Phi) is 2.84. The highest BCUT2D eigenvalue weighted by Crippen LogP contribution is 2.17. The zero-order valence-electron chi connectivity index (χ0n) is 10.1. The highest BCUT2D eigenvalue weighted by atomic mass is 16.2. The number of amides is 1. The third kappa shape index (κ3) is 2.01. The summed E-state index contributed by atoms with van der Waals surface area (Å²) in [4.78, 5) is 21.3. The van der Waals surface area contributed by atoms with Crippen molar-refractivity contribution in [1.29, 1.82) is 0 Å². The summed E-state index contributed by atoms with van der Waals surface area (Å²) in [5.74, 6) is 0.966. The van der Waals surface area contributed by atoms with Gasteiger partial charge in [0.15, 0.2) is 0 Å². The second-order valence-electron chi connectivity index (χ2n) is 4.51. The van der Waals surface area contributed by atoms with E-state index >= 15 is 0 Å². The van der Waals surface area contributed by atoms with Crippen LogP contribution >= 0.6 is 0 Å². The number of aromatic amines is 1. The molecule has 0 radical (unpaired) electrons. The van der Waals surface area contributed by atoms with Crippen LogP contribution in [0.15, 0.2) is 36.7 Å². The molecule has 0 aliphatic carbocycles. The summed E-state index contributed by atoms with van der Waals surface area (Å²) in [5.41, 5.74) is 1.75. The van der Waals surface area contributed by atoms with Crippen LogP contribution in [0.3, 0.4) is 0 Å². The second kappa shape index (κ2) is 4.64. The third-order valence-electron chi connectivity index (χ3n) is 3.30. The Hall–Kier alpha value is -2.10. The number of aromatic nitrogens is 2. The predicted molar refractivity (Wildman–Crippen MR) is 69.2 cm³/mol. The van der Waals surface area contributed by atoms with Crippen molar-refractivity contribution in [2.24, 2.45) is 0 Å². The van der Waals surface area contributed by atoms with Crippen LogP contribution in [0.2, 0.25) is 0 Å². The fourth-order valence-corrected chi connectivity index (χ4v) is 2.30. The Balaban J connectivity index is 1.80. The molecule has 1 aromatic carbocycles. The lowest BCUT2D eigenvalue weighted by Crippen LogP contribution is -2.27. The van der Waals surface area contributed by atoms with E-state index in [1.165, 1.54) is 0 Å². The molecule has 0 unspecified atom stereocenters. The summed E-state index contributed by atoms with van der Waals surface area (Å²) in [6, 6.07) is 7.61. The molecule has 18 heavy (non-hydrogen) atoms. The number of benzene rings is 1. The van der Waals surface area contributed by atoms with Gasteiger partial charge in [-0.2, -0.15) is 0 Å². The summed E-state index contributed by atoms with van der Waals surface area (Å²) in [6.45, 7) is 1.78. The van der Waals surface area contributed by atoms with Gasteiger partial charge in [-0.1, -0.05) is 12.1 Å². The molecule has 2 aromatic rings. The number of carbonyl (C=O) groups is 1. The van der Waals surface area contributed by atoms with Gasteiger partial charge in [-0.15, -0.1) is 0 Å². The molecular weight excluding hydrogens is 226 g/mol. The molecule has 4 nitrogen and oxygen atoms in total. The number of nitrogens with zero attached hydrogens (tertiary/aromatic N) is 2. The van der Waals surface area contributed by atoms with Crippen LogP contribution in [-0.4, -0.2) is 33.9 Å². The number of likely N-dealkylation sites (tertiary alicyclic amines) is 1. The van der Waals surface area contributed by atoms with Crippen molar-refractivity contribution in [2.45, 2.75) is 12.8 Å². The molecule has 1 saturated heterocycles. The zero-order valence-corrected chi connectivity index (χ0v) is 10.1. The minimum Gasteiger partial charge on any atom is -0.345 e. The lowest BCUT2D eigenvalue weighted by atomic mass is 10.1. The van der Waals surface area contributed by atoms with Crippen molar-refractivity contribution in [1.82, 2.24) is 14.9 Å². The van der Waals surface area contributed by atoms with E-state index in [0.29, 0.717) is 0 Å². The first-order valence-corrected chi connectivity index (χ1v) is 6.24. The average molecular weight is 241 g/mol. The van der Waals surface area contributed by atoms with Gasteiger partial charge in [0.05, 0.1) is 0 Å². The van der Waals surface area contributed by atoms with E-state index in [9.17, 15) is 4.79 Å². The zero-order chi connectivity index (χ0) is 12.4. The van der Waals surface area contributed by atoms with E-state index in [1.54, 1.807) is 12.4 Å². The summed E-state index contributed by atoms with van der Waals surface area (Å²) >= 11 is 0. The summed E-state index contributed by atoms with van der Waals surface area (Å²) in [7, 11) is 0. The molecule has 1 aliphatic heterocycles. The Morgan fingerprint density at radius 2 is 1.89 bits per heavy atom. The second-order valence-corrected chi connectivity index (χ2v) is 4.51. The molecule has 92 valence electrons. The maximum absolute atomic E-state index is 12.1. The van der Waals surface area contributed by atoms with E-state index in [-0.39, 0.29) is 5.91 Å². The lowest BCUT2D eigenvalue weighted by Gasteiger charge is -2.15. The fourth-order valence-electron chi connectivity index (χ4n) is 2.30. The Morgan fingerprint density at radius 1 is 1.17 bits per heavy atom. The van der Waals surface area contributed by atoms with Crippen LogP contribution in [0.5, 0.6) is 0 Å². The van der Waals surface area contributed by atoms with Gasteiger partial charge in [0, 0.05) is 36.6 Å². The van der Waals surface area contributed by atoms with E-state index < -0.39 is 0 Å². The average Bonchev–Trinajstić information content (AvgIpc) is 3.11. The third-order valence-corrected chi connectivity index (χ3v) is 3.30. The molecule has 2 heterocycles. The Bertz CT molecular complexity index is 525. The number of hydrogen-bond donors (Lipinski definition) is 1. The van der Waals surface area contributed by atoms with Crippen LogP contribution in [0, 0.1) is 0 Å². The number of H-pyrrole nitrogens is 1. The van der Waals surface area contributed by atoms with Gasteiger partial charge in [-0.25, -0.2) is 4.98 Å². The van der Waals surface area contributed by atoms with Gasteiger partial charge in [0.2, 0.25) is 0 Å². The van der Waals surface area contributed by atoms with Crippen LogP contribution < -0.4 is 0 Å².